The van der Waals surface area contributed by atoms with E-state index in [0.29, 0.717) is 0 Å². The zero-order valence-electron chi connectivity index (χ0n) is 19.8. The maximum absolute atomic E-state index is 10.7. The smallest absolute Gasteiger partial charge is 0.320 e. The molecule has 2 aromatic carbocycles. The largest absolute Gasteiger partial charge is 0.481 e. The first-order chi connectivity index (χ1) is 16.6. The number of benzene rings is 2. The summed E-state index contributed by atoms with van der Waals surface area (Å²) in [5.74, 6) is -2.43. The van der Waals surface area contributed by atoms with Gasteiger partial charge in [0.1, 0.15) is 11.9 Å². The summed E-state index contributed by atoms with van der Waals surface area (Å²) in [6.07, 6.45) is 1.72. The Kier molecular flexibility index (Phi) is 9.98. The van der Waals surface area contributed by atoms with E-state index in [4.69, 9.17) is 27.4 Å². The summed E-state index contributed by atoms with van der Waals surface area (Å²) in [5.41, 5.74) is 18.9. The van der Waals surface area contributed by atoms with E-state index in [1.807, 2.05) is 6.20 Å². The average Bonchev–Trinajstić information content (AvgIpc) is 3.16. The van der Waals surface area contributed by atoms with Gasteiger partial charge in [0, 0.05) is 18.9 Å². The van der Waals surface area contributed by atoms with E-state index in [-0.39, 0.29) is 24.8 Å². The van der Waals surface area contributed by atoms with Crippen LogP contribution in [0.25, 0.3) is 0 Å². The van der Waals surface area contributed by atoms with Crippen LogP contribution in [0.2, 0.25) is 0 Å². The van der Waals surface area contributed by atoms with Gasteiger partial charge in [0.05, 0.1) is 18.4 Å². The van der Waals surface area contributed by atoms with Gasteiger partial charge in [-0.1, -0.05) is 60.7 Å². The molecule has 0 bridgehead atoms. The number of carboxylic acids is 2. The molecule has 0 aliphatic heterocycles. The number of hydrogen-bond acceptors (Lipinski definition) is 5. The van der Waals surface area contributed by atoms with E-state index < -0.39 is 23.9 Å². The molecule has 1 heterocycles. The number of aryl methyl sites for hydroxylation is 1. The van der Waals surface area contributed by atoms with Gasteiger partial charge in [-0.25, -0.2) is 4.98 Å². The highest BCUT2D eigenvalue weighted by Gasteiger charge is 2.24. The van der Waals surface area contributed by atoms with Crippen LogP contribution in [0.4, 0.5) is 0 Å². The number of aromatic nitrogens is 2. The minimum Gasteiger partial charge on any atom is -0.481 e. The van der Waals surface area contributed by atoms with Crippen molar-refractivity contribution in [3.63, 3.8) is 0 Å². The van der Waals surface area contributed by atoms with Crippen molar-refractivity contribution in [2.45, 2.75) is 25.3 Å². The fraction of sp³-hybridized carbons (Fsp3) is 0.280. The summed E-state index contributed by atoms with van der Waals surface area (Å²) in [4.78, 5) is 29.2. The lowest BCUT2D eigenvalue weighted by Gasteiger charge is -2.18. The van der Waals surface area contributed by atoms with E-state index in [1.165, 1.54) is 16.8 Å². The maximum Gasteiger partial charge on any atom is 0.320 e. The molecule has 0 aliphatic rings. The van der Waals surface area contributed by atoms with Crippen LogP contribution in [0, 0.1) is 12.8 Å². The number of nitrogens with two attached hydrogens (primary N) is 3. The van der Waals surface area contributed by atoms with Crippen molar-refractivity contribution in [2.24, 2.45) is 35.2 Å². The molecule has 8 N–H and O–H groups in total. The lowest BCUT2D eigenvalue weighted by molar-refractivity contribution is -0.143. The van der Waals surface area contributed by atoms with Crippen LogP contribution >= 0.6 is 0 Å². The molecule has 0 amide bonds. The number of hydrogen-bond donors (Lipinski definition) is 5. The number of carboxylic acid groups (broad SMARTS) is 2. The maximum atomic E-state index is 10.7. The van der Waals surface area contributed by atoms with Gasteiger partial charge in [-0.2, -0.15) is 0 Å². The van der Waals surface area contributed by atoms with E-state index in [1.54, 1.807) is 0 Å². The van der Waals surface area contributed by atoms with Crippen LogP contribution in [0.3, 0.4) is 0 Å². The predicted octanol–water partition coefficient (Wildman–Crippen LogP) is 1.67. The van der Waals surface area contributed by atoms with Crippen molar-refractivity contribution < 1.29 is 19.8 Å². The summed E-state index contributed by atoms with van der Waals surface area (Å²) in [6.45, 7) is 1.90. The molecule has 186 valence electrons. The molecule has 10 nitrogen and oxygen atoms in total. The number of nitrogens with zero attached hydrogens (tertiary/aromatic N) is 3. The molecule has 2 atom stereocenters. The molecular weight excluding hydrogens is 448 g/mol. The van der Waals surface area contributed by atoms with E-state index >= 15 is 0 Å². The third kappa shape index (κ3) is 7.97. The van der Waals surface area contributed by atoms with Crippen molar-refractivity contribution in [1.29, 1.82) is 0 Å². The Morgan fingerprint density at radius 1 is 0.971 bits per heavy atom. The van der Waals surface area contributed by atoms with Crippen LogP contribution in [0.5, 0.6) is 0 Å². The highest BCUT2D eigenvalue weighted by molar-refractivity contribution is 5.77. The summed E-state index contributed by atoms with van der Waals surface area (Å²) in [7, 11) is 2.08. The Morgan fingerprint density at radius 2 is 1.49 bits per heavy atom. The Hall–Kier alpha value is -4.18. The molecule has 0 saturated heterocycles. The van der Waals surface area contributed by atoms with Gasteiger partial charge < -0.3 is 32.0 Å². The van der Waals surface area contributed by atoms with Crippen LogP contribution in [0.1, 0.15) is 35.0 Å². The van der Waals surface area contributed by atoms with Gasteiger partial charge in [0.25, 0.3) is 0 Å². The van der Waals surface area contributed by atoms with Crippen molar-refractivity contribution in [2.75, 3.05) is 6.54 Å². The van der Waals surface area contributed by atoms with Crippen LogP contribution < -0.4 is 17.2 Å². The van der Waals surface area contributed by atoms with Crippen molar-refractivity contribution >= 4 is 17.9 Å². The van der Waals surface area contributed by atoms with Crippen LogP contribution in [0.15, 0.2) is 71.9 Å². The number of aliphatic carboxylic acids is 2. The lowest BCUT2D eigenvalue weighted by Crippen LogP contribution is -2.36. The summed E-state index contributed by atoms with van der Waals surface area (Å²) in [5, 5.41) is 17.2. The van der Waals surface area contributed by atoms with Gasteiger partial charge in [0.2, 0.25) is 0 Å². The van der Waals surface area contributed by atoms with Crippen LogP contribution in [-0.2, 0) is 16.6 Å². The lowest BCUT2D eigenvalue weighted by atomic mass is 9.90. The third-order valence-corrected chi connectivity index (χ3v) is 5.48. The SMILES string of the molecule is Cc1cnc(C(c2ccccc2)c2ccccc2)n1C.NC(N)=NCC(C[C@H](N)C(=O)O)C(=O)O. The standard InChI is InChI=1S/C18H18N2.C7H14N4O4/c1-14-13-19-18(20(14)2)17(15-9-5-3-6-10-15)16-11-7-4-8-12-16;8-4(6(14)15)1-3(5(12)13)2-11-7(9)10/h3-13,17H,1-2H3;3-4H,1-2,8H2,(H,12,13)(H,14,15)(H4,9,10,11)/t;3?,4-/m.0/s1. The van der Waals surface area contributed by atoms with E-state index in [9.17, 15) is 9.59 Å². The Bertz CT molecular complexity index is 1090. The molecule has 0 saturated carbocycles. The number of guanidine groups is 1. The molecule has 0 spiro atoms. The second-order valence-corrected chi connectivity index (χ2v) is 8.05. The zero-order chi connectivity index (χ0) is 26.0. The van der Waals surface area contributed by atoms with Gasteiger partial charge in [-0.3, -0.25) is 14.6 Å². The first-order valence-electron chi connectivity index (χ1n) is 11.0. The molecule has 0 radical (unpaired) electrons. The monoisotopic (exact) mass is 480 g/mol. The summed E-state index contributed by atoms with van der Waals surface area (Å²) < 4.78 is 2.17. The molecule has 35 heavy (non-hydrogen) atoms. The molecule has 3 rings (SSSR count). The fourth-order valence-electron chi connectivity index (χ4n) is 3.44. The minimum absolute atomic E-state index is 0.177. The highest BCUT2D eigenvalue weighted by Crippen LogP contribution is 2.30. The van der Waals surface area contributed by atoms with Crippen molar-refractivity contribution in [3.8, 4) is 0 Å². The molecule has 0 aliphatic carbocycles. The van der Waals surface area contributed by atoms with Gasteiger partial charge in [-0.15, -0.1) is 0 Å². The molecule has 10 heteroatoms. The fourth-order valence-corrected chi connectivity index (χ4v) is 3.44. The minimum atomic E-state index is -1.26. The number of aliphatic imine (C=N–C) groups is 1. The van der Waals surface area contributed by atoms with Crippen LogP contribution in [-0.4, -0.2) is 50.2 Å². The van der Waals surface area contributed by atoms with Gasteiger partial charge in [-0.05, 0) is 24.5 Å². The zero-order valence-corrected chi connectivity index (χ0v) is 19.8. The predicted molar refractivity (Wildman–Crippen MR) is 134 cm³/mol. The Balaban J connectivity index is 0.000000260. The molecular formula is C25H32N6O4. The first kappa shape index (κ1) is 27.1. The summed E-state index contributed by atoms with van der Waals surface area (Å²) >= 11 is 0. The Morgan fingerprint density at radius 3 is 1.86 bits per heavy atom. The normalized spacial score (nSPS) is 12.2. The van der Waals surface area contributed by atoms with E-state index in [2.05, 4.69) is 89.2 Å². The van der Waals surface area contributed by atoms with Crippen molar-refractivity contribution in [3.05, 3.63) is 89.5 Å². The molecule has 1 unspecified atom stereocenters. The topological polar surface area (TPSA) is 183 Å². The van der Waals surface area contributed by atoms with Gasteiger partial charge in [0.15, 0.2) is 5.96 Å². The summed E-state index contributed by atoms with van der Waals surface area (Å²) in [6, 6.07) is 19.9. The van der Waals surface area contributed by atoms with E-state index in [0.717, 1.165) is 5.82 Å². The number of imidazole rings is 1. The van der Waals surface area contributed by atoms with Crippen molar-refractivity contribution in [1.82, 2.24) is 9.55 Å². The highest BCUT2D eigenvalue weighted by atomic mass is 16.4. The Labute approximate surface area is 204 Å². The molecule has 0 fully saturated rings. The second kappa shape index (κ2) is 12.9. The molecule has 1 aromatic heterocycles. The number of rotatable bonds is 9. The quantitative estimate of drug-likeness (QED) is 0.226. The van der Waals surface area contributed by atoms with Gasteiger partial charge >= 0.3 is 11.9 Å². The second-order valence-electron chi connectivity index (χ2n) is 8.05. The third-order valence-electron chi connectivity index (χ3n) is 5.48. The first-order valence-corrected chi connectivity index (χ1v) is 11.0. The molecule has 3 aromatic rings. The number of carbonyl (C=O) groups is 2. The average molecular weight is 481 g/mol.